The van der Waals surface area contributed by atoms with Gasteiger partial charge in [-0.1, -0.05) is 0 Å². The van der Waals surface area contributed by atoms with Crippen molar-refractivity contribution in [2.75, 3.05) is 33.4 Å². The zero-order valence-corrected chi connectivity index (χ0v) is 15.4. The number of carbonyl (C=O) groups is 2. The number of nitrogens with zero attached hydrogens (tertiary/aromatic N) is 3. The molecule has 1 fully saturated rings. The number of hydrazine groups is 1. The van der Waals surface area contributed by atoms with Crippen molar-refractivity contribution in [2.24, 2.45) is 0 Å². The topological polar surface area (TPSA) is 97.2 Å². The maximum atomic E-state index is 12.5. The molecule has 1 saturated heterocycles. The lowest BCUT2D eigenvalue weighted by Gasteiger charge is -2.33. The Hall–Kier alpha value is -2.33. The predicted octanol–water partition coefficient (Wildman–Crippen LogP) is 0.109. The Bertz CT molecular complexity index is 739. The number of carbonyl (C=O) groups excluding carboxylic acids is 2. The van der Waals surface area contributed by atoms with E-state index >= 15 is 0 Å². The largest absolute Gasteiger partial charge is 0.346 e. The lowest BCUT2D eigenvalue weighted by atomic mass is 10.1. The fourth-order valence-electron chi connectivity index (χ4n) is 3.11. The van der Waals surface area contributed by atoms with Gasteiger partial charge in [0, 0.05) is 37.3 Å². The molecule has 1 amide bonds. The van der Waals surface area contributed by atoms with Crippen molar-refractivity contribution in [1.29, 1.82) is 0 Å². The predicted molar refractivity (Wildman–Crippen MR) is 97.6 cm³/mol. The van der Waals surface area contributed by atoms with Crippen LogP contribution in [0.4, 0.5) is 0 Å². The number of nitrogens with one attached hydrogen (secondary N) is 2. The number of ether oxygens (including phenoxy) is 2. The van der Waals surface area contributed by atoms with Gasteiger partial charge in [0.2, 0.25) is 0 Å². The number of aromatic nitrogens is 2. The molecular formula is C18H25N5O4. The molecule has 146 valence electrons. The van der Waals surface area contributed by atoms with E-state index in [1.807, 2.05) is 22.7 Å². The van der Waals surface area contributed by atoms with Crippen LogP contribution in [0.2, 0.25) is 0 Å². The Morgan fingerprint density at radius 2 is 2.26 bits per heavy atom. The minimum atomic E-state index is -0.952. The zero-order valence-electron chi connectivity index (χ0n) is 15.4. The Morgan fingerprint density at radius 1 is 1.44 bits per heavy atom. The summed E-state index contributed by atoms with van der Waals surface area (Å²) in [7, 11) is 1.72. The summed E-state index contributed by atoms with van der Waals surface area (Å²) in [6.07, 6.45) is 6.98. The number of likely N-dealkylation sites (N-methyl/N-ethyl adjacent to an activating group) is 1. The summed E-state index contributed by atoms with van der Waals surface area (Å²) in [6.45, 7) is 1.74. The van der Waals surface area contributed by atoms with Gasteiger partial charge < -0.3 is 24.0 Å². The highest BCUT2D eigenvalue weighted by molar-refractivity contribution is 5.77. The maximum Gasteiger partial charge on any atom is 0.250 e. The van der Waals surface area contributed by atoms with Gasteiger partial charge in [0.15, 0.2) is 5.79 Å². The van der Waals surface area contributed by atoms with Crippen LogP contribution in [0.15, 0.2) is 30.9 Å². The summed E-state index contributed by atoms with van der Waals surface area (Å²) in [5.74, 6) is -1.08. The number of rotatable bonds is 10. The van der Waals surface area contributed by atoms with Crippen LogP contribution in [0.25, 0.3) is 5.52 Å². The molecule has 0 atom stereocenters. The highest BCUT2D eigenvalue weighted by Crippen LogP contribution is 2.25. The van der Waals surface area contributed by atoms with Gasteiger partial charge >= 0.3 is 0 Å². The van der Waals surface area contributed by atoms with E-state index < -0.39 is 5.79 Å². The molecule has 0 spiro atoms. The van der Waals surface area contributed by atoms with Crippen LogP contribution in [-0.2, 0) is 25.6 Å². The van der Waals surface area contributed by atoms with Crippen LogP contribution in [0.5, 0.6) is 0 Å². The van der Waals surface area contributed by atoms with Gasteiger partial charge in [0.1, 0.15) is 6.29 Å². The molecule has 2 aromatic heterocycles. The van der Waals surface area contributed by atoms with E-state index in [1.165, 1.54) is 5.01 Å². The molecule has 0 radical (unpaired) electrons. The standard InChI is InChI=1S/C18H25N5O4/c1-19-11-17(25)23(13-18(4-2-6-24)26-7-8-27-18)21-10-15-9-16-3-5-20-14-22(16)12-15/h3,5-6,9,12,14,19,21H,2,4,7-8,10-11,13H2,1H3. The lowest BCUT2D eigenvalue weighted by molar-refractivity contribution is -0.185. The van der Waals surface area contributed by atoms with E-state index in [1.54, 1.807) is 19.6 Å². The minimum Gasteiger partial charge on any atom is -0.346 e. The van der Waals surface area contributed by atoms with Gasteiger partial charge in [0.05, 0.1) is 32.6 Å². The summed E-state index contributed by atoms with van der Waals surface area (Å²) in [5, 5.41) is 4.37. The van der Waals surface area contributed by atoms with Crippen LogP contribution in [0.1, 0.15) is 18.4 Å². The van der Waals surface area contributed by atoms with Gasteiger partial charge in [-0.25, -0.2) is 10.4 Å². The molecule has 0 unspecified atom stereocenters. The molecular weight excluding hydrogens is 350 g/mol. The van der Waals surface area contributed by atoms with Crippen LogP contribution in [0, 0.1) is 0 Å². The number of amides is 1. The van der Waals surface area contributed by atoms with Gasteiger partial charge in [-0.2, -0.15) is 0 Å². The van der Waals surface area contributed by atoms with Crippen LogP contribution in [0.3, 0.4) is 0 Å². The average Bonchev–Trinajstić information content (AvgIpc) is 3.30. The van der Waals surface area contributed by atoms with Crippen molar-refractivity contribution in [3.8, 4) is 0 Å². The first-order chi connectivity index (χ1) is 13.2. The normalized spacial score (nSPS) is 15.9. The third kappa shape index (κ3) is 4.89. The molecule has 9 heteroatoms. The van der Waals surface area contributed by atoms with Crippen LogP contribution < -0.4 is 10.7 Å². The molecule has 2 N–H and O–H groups in total. The van der Waals surface area contributed by atoms with E-state index in [0.717, 1.165) is 17.4 Å². The molecule has 9 nitrogen and oxygen atoms in total. The molecule has 1 aliphatic heterocycles. The van der Waals surface area contributed by atoms with Crippen molar-refractivity contribution in [2.45, 2.75) is 25.2 Å². The van der Waals surface area contributed by atoms with Crippen molar-refractivity contribution < 1.29 is 19.1 Å². The summed E-state index contributed by atoms with van der Waals surface area (Å²) >= 11 is 0. The fourth-order valence-corrected chi connectivity index (χ4v) is 3.11. The highest BCUT2D eigenvalue weighted by Gasteiger charge is 2.39. The van der Waals surface area contributed by atoms with Gasteiger partial charge in [-0.15, -0.1) is 0 Å². The molecule has 3 rings (SSSR count). The molecule has 3 heterocycles. The van der Waals surface area contributed by atoms with Gasteiger partial charge in [-0.3, -0.25) is 9.80 Å². The van der Waals surface area contributed by atoms with E-state index in [-0.39, 0.29) is 19.0 Å². The SMILES string of the molecule is CNCC(=O)N(CC1(CCC=O)OCCO1)NCc1cc2ccncn2c1. The first-order valence-electron chi connectivity index (χ1n) is 8.96. The third-order valence-corrected chi connectivity index (χ3v) is 4.42. The van der Waals surface area contributed by atoms with Crippen LogP contribution in [-0.4, -0.2) is 65.7 Å². The first kappa shape index (κ1) is 19.4. The molecule has 0 aromatic carbocycles. The number of hydrogen-bond donors (Lipinski definition) is 2. The van der Waals surface area contributed by atoms with E-state index in [0.29, 0.717) is 32.6 Å². The van der Waals surface area contributed by atoms with E-state index in [4.69, 9.17) is 9.47 Å². The maximum absolute atomic E-state index is 12.5. The molecule has 27 heavy (non-hydrogen) atoms. The zero-order chi connectivity index (χ0) is 19.1. The Kier molecular flexibility index (Phi) is 6.51. The number of fused-ring (bicyclic) bond motifs is 1. The third-order valence-electron chi connectivity index (χ3n) is 4.42. The molecule has 0 bridgehead atoms. The van der Waals surface area contributed by atoms with Crippen molar-refractivity contribution in [1.82, 2.24) is 25.1 Å². The van der Waals surface area contributed by atoms with Gasteiger partial charge in [0.25, 0.3) is 5.91 Å². The second-order valence-electron chi connectivity index (χ2n) is 6.42. The highest BCUT2D eigenvalue weighted by atomic mass is 16.7. The number of aldehydes is 1. The molecule has 0 aliphatic carbocycles. The van der Waals surface area contributed by atoms with Gasteiger partial charge in [-0.05, 0) is 24.7 Å². The minimum absolute atomic E-state index is 0.132. The molecule has 0 saturated carbocycles. The van der Waals surface area contributed by atoms with Crippen molar-refractivity contribution in [3.05, 3.63) is 36.4 Å². The Morgan fingerprint density at radius 3 is 2.96 bits per heavy atom. The Labute approximate surface area is 157 Å². The lowest BCUT2D eigenvalue weighted by Crippen LogP contribution is -2.54. The quantitative estimate of drug-likeness (QED) is 0.449. The summed E-state index contributed by atoms with van der Waals surface area (Å²) in [6, 6.07) is 3.95. The average molecular weight is 375 g/mol. The number of hydrogen-bond acceptors (Lipinski definition) is 7. The van der Waals surface area contributed by atoms with E-state index in [2.05, 4.69) is 15.7 Å². The van der Waals surface area contributed by atoms with Crippen molar-refractivity contribution in [3.63, 3.8) is 0 Å². The second kappa shape index (κ2) is 9.05. The van der Waals surface area contributed by atoms with Crippen molar-refractivity contribution >= 4 is 17.7 Å². The van der Waals surface area contributed by atoms with Crippen LogP contribution >= 0.6 is 0 Å². The Balaban J connectivity index is 1.70. The summed E-state index contributed by atoms with van der Waals surface area (Å²) in [4.78, 5) is 27.4. The first-order valence-corrected chi connectivity index (χ1v) is 8.96. The summed E-state index contributed by atoms with van der Waals surface area (Å²) in [5.41, 5.74) is 5.21. The fraction of sp³-hybridized carbons (Fsp3) is 0.500. The summed E-state index contributed by atoms with van der Waals surface area (Å²) < 4.78 is 13.4. The monoisotopic (exact) mass is 375 g/mol. The molecule has 1 aliphatic rings. The second-order valence-corrected chi connectivity index (χ2v) is 6.42. The smallest absolute Gasteiger partial charge is 0.250 e. The molecule has 2 aromatic rings. The van der Waals surface area contributed by atoms with E-state index in [9.17, 15) is 9.59 Å².